The van der Waals surface area contributed by atoms with E-state index >= 15 is 0 Å². The summed E-state index contributed by atoms with van der Waals surface area (Å²) in [4.78, 5) is 24.6. The monoisotopic (exact) mass is 213 g/mol. The molecule has 0 bridgehead atoms. The molecule has 3 amide bonds. The Balaban J connectivity index is 2.15. The molecule has 0 aromatic heterocycles. The van der Waals surface area contributed by atoms with Crippen LogP contribution >= 0.6 is 0 Å². The number of amides is 3. The number of β-amino-alcohol motifs (C(OH)–C–C–N with tert-alkyl or cyclic N) is 1. The average molecular weight is 213 g/mol. The van der Waals surface area contributed by atoms with E-state index in [0.29, 0.717) is 13.0 Å². The van der Waals surface area contributed by atoms with Crippen LogP contribution in [0.1, 0.15) is 13.3 Å². The molecule has 2 unspecified atom stereocenters. The Labute approximate surface area is 87.6 Å². The number of carbonyl (C=O) groups excluding carboxylic acids is 2. The quantitative estimate of drug-likeness (QED) is 0.495. The van der Waals surface area contributed by atoms with Crippen LogP contribution in [0.4, 0.5) is 4.79 Å². The van der Waals surface area contributed by atoms with Gasteiger partial charge >= 0.3 is 6.03 Å². The molecule has 2 fully saturated rings. The van der Waals surface area contributed by atoms with Crippen LogP contribution in [-0.4, -0.2) is 53.2 Å². The van der Waals surface area contributed by atoms with Gasteiger partial charge in [0, 0.05) is 6.54 Å². The Kier molecular flexibility index (Phi) is 2.40. The van der Waals surface area contributed by atoms with E-state index in [2.05, 4.69) is 10.6 Å². The van der Waals surface area contributed by atoms with Crippen LogP contribution in [-0.2, 0) is 4.79 Å². The molecule has 3 N–H and O–H groups in total. The third-order valence-corrected chi connectivity index (χ3v) is 2.85. The van der Waals surface area contributed by atoms with Crippen LogP contribution < -0.4 is 10.6 Å². The second-order valence-electron chi connectivity index (χ2n) is 4.20. The molecule has 0 aromatic rings. The van der Waals surface area contributed by atoms with Gasteiger partial charge in [0.1, 0.15) is 5.54 Å². The Hall–Kier alpha value is -1.14. The van der Waals surface area contributed by atoms with Gasteiger partial charge in [0.05, 0.1) is 12.6 Å². The lowest BCUT2D eigenvalue weighted by atomic mass is 9.99. The highest BCUT2D eigenvalue weighted by atomic mass is 16.3. The number of aliphatic hydroxyl groups excluding tert-OH is 1. The van der Waals surface area contributed by atoms with E-state index in [9.17, 15) is 14.7 Å². The third-order valence-electron chi connectivity index (χ3n) is 2.85. The minimum Gasteiger partial charge on any atom is -0.392 e. The highest BCUT2D eigenvalue weighted by molar-refractivity contribution is 6.07. The van der Waals surface area contributed by atoms with Crippen LogP contribution in [0.2, 0.25) is 0 Å². The number of aliphatic hydroxyl groups is 1. The van der Waals surface area contributed by atoms with Crippen molar-refractivity contribution in [2.45, 2.75) is 25.0 Å². The van der Waals surface area contributed by atoms with Gasteiger partial charge in [-0.1, -0.05) is 0 Å². The molecular formula is C9H15N3O3. The second kappa shape index (κ2) is 3.46. The first kappa shape index (κ1) is 10.4. The third kappa shape index (κ3) is 1.59. The molecule has 6 nitrogen and oxygen atoms in total. The molecule has 2 atom stereocenters. The number of rotatable bonds is 2. The highest BCUT2D eigenvalue weighted by Crippen LogP contribution is 2.24. The van der Waals surface area contributed by atoms with Crippen molar-refractivity contribution in [3.8, 4) is 0 Å². The summed E-state index contributed by atoms with van der Waals surface area (Å²) in [6.07, 6.45) is -0.0716. The van der Waals surface area contributed by atoms with E-state index in [1.165, 1.54) is 0 Å². The first-order chi connectivity index (χ1) is 7.05. The van der Waals surface area contributed by atoms with Gasteiger partial charge in [-0.3, -0.25) is 9.69 Å². The maximum Gasteiger partial charge on any atom is 0.325 e. The zero-order valence-electron chi connectivity index (χ0n) is 8.62. The summed E-state index contributed by atoms with van der Waals surface area (Å²) in [5.74, 6) is -0.224. The number of nitrogens with one attached hydrogen (secondary N) is 2. The molecule has 6 heteroatoms. The molecule has 15 heavy (non-hydrogen) atoms. The van der Waals surface area contributed by atoms with Crippen molar-refractivity contribution in [1.29, 1.82) is 0 Å². The van der Waals surface area contributed by atoms with Gasteiger partial charge in [-0.05, 0) is 19.9 Å². The van der Waals surface area contributed by atoms with Crippen molar-refractivity contribution >= 4 is 11.9 Å². The van der Waals surface area contributed by atoms with Crippen molar-refractivity contribution in [1.82, 2.24) is 15.5 Å². The lowest BCUT2D eigenvalue weighted by molar-refractivity contribution is -0.131. The average Bonchev–Trinajstić information content (AvgIpc) is 2.69. The zero-order valence-corrected chi connectivity index (χ0v) is 8.62. The molecule has 2 saturated heterocycles. The van der Waals surface area contributed by atoms with E-state index in [1.54, 1.807) is 6.92 Å². The van der Waals surface area contributed by atoms with Crippen molar-refractivity contribution < 1.29 is 14.7 Å². The second-order valence-corrected chi connectivity index (χ2v) is 4.20. The molecule has 2 rings (SSSR count). The standard InChI is InChI=1S/C9H15N3O3/c1-6(13)4-12-7(14)9(11-8(12)15)2-3-10-5-9/h6,10,13H,2-5H2,1H3,(H,11,15). The van der Waals surface area contributed by atoms with Crippen molar-refractivity contribution in [3.05, 3.63) is 0 Å². The molecule has 1 spiro atoms. The predicted molar refractivity (Wildman–Crippen MR) is 52.1 cm³/mol. The SMILES string of the molecule is CC(O)CN1C(=O)NC2(CCNC2)C1=O. The summed E-state index contributed by atoms with van der Waals surface area (Å²) in [5, 5.41) is 14.9. The summed E-state index contributed by atoms with van der Waals surface area (Å²) < 4.78 is 0. The fourth-order valence-corrected chi connectivity index (χ4v) is 2.09. The number of carbonyl (C=O) groups is 2. The summed E-state index contributed by atoms with van der Waals surface area (Å²) in [6.45, 7) is 2.83. The summed E-state index contributed by atoms with van der Waals surface area (Å²) in [7, 11) is 0. The zero-order chi connectivity index (χ0) is 11.1. The van der Waals surface area contributed by atoms with Crippen LogP contribution in [0.3, 0.4) is 0 Å². The first-order valence-corrected chi connectivity index (χ1v) is 5.08. The van der Waals surface area contributed by atoms with Crippen LogP contribution in [0, 0.1) is 0 Å². The smallest absolute Gasteiger partial charge is 0.325 e. The normalized spacial score (nSPS) is 32.5. The molecule has 84 valence electrons. The topological polar surface area (TPSA) is 81.7 Å². The lowest BCUT2D eigenvalue weighted by Gasteiger charge is -2.19. The number of hydrogen-bond acceptors (Lipinski definition) is 4. The minimum absolute atomic E-state index is 0.0619. The minimum atomic E-state index is -0.758. The number of nitrogens with zero attached hydrogens (tertiary/aromatic N) is 1. The van der Waals surface area contributed by atoms with Crippen LogP contribution in [0.25, 0.3) is 0 Å². The Bertz CT molecular complexity index is 297. The maximum atomic E-state index is 12.0. The Morgan fingerprint density at radius 3 is 2.87 bits per heavy atom. The van der Waals surface area contributed by atoms with E-state index < -0.39 is 17.7 Å². The van der Waals surface area contributed by atoms with Gasteiger partial charge in [-0.15, -0.1) is 0 Å². The Morgan fingerprint density at radius 2 is 2.33 bits per heavy atom. The molecule has 2 heterocycles. The predicted octanol–water partition coefficient (Wildman–Crippen LogP) is -1.35. The number of hydrogen-bond donors (Lipinski definition) is 3. The van der Waals surface area contributed by atoms with Crippen molar-refractivity contribution in [3.63, 3.8) is 0 Å². The fraction of sp³-hybridized carbons (Fsp3) is 0.778. The van der Waals surface area contributed by atoms with Gasteiger partial charge in [0.2, 0.25) is 0 Å². The van der Waals surface area contributed by atoms with E-state index in [1.807, 2.05) is 0 Å². The van der Waals surface area contributed by atoms with Crippen LogP contribution in [0.5, 0.6) is 0 Å². The summed E-state index contributed by atoms with van der Waals surface area (Å²) >= 11 is 0. The molecule has 2 aliphatic heterocycles. The highest BCUT2D eigenvalue weighted by Gasteiger charge is 2.52. The van der Waals surface area contributed by atoms with Gasteiger partial charge in [-0.25, -0.2) is 4.79 Å². The van der Waals surface area contributed by atoms with Gasteiger partial charge in [0.15, 0.2) is 0 Å². The lowest BCUT2D eigenvalue weighted by Crippen LogP contribution is -2.49. The largest absolute Gasteiger partial charge is 0.392 e. The van der Waals surface area contributed by atoms with Gasteiger partial charge < -0.3 is 15.7 Å². The van der Waals surface area contributed by atoms with E-state index in [0.717, 1.165) is 11.4 Å². The van der Waals surface area contributed by atoms with Crippen molar-refractivity contribution in [2.24, 2.45) is 0 Å². The van der Waals surface area contributed by atoms with Crippen molar-refractivity contribution in [2.75, 3.05) is 19.6 Å². The summed E-state index contributed by atoms with van der Waals surface area (Å²) in [6, 6.07) is -0.399. The molecule has 2 aliphatic rings. The van der Waals surface area contributed by atoms with Gasteiger partial charge in [0.25, 0.3) is 5.91 Å². The van der Waals surface area contributed by atoms with E-state index in [-0.39, 0.29) is 12.5 Å². The summed E-state index contributed by atoms with van der Waals surface area (Å²) in [5.41, 5.74) is -0.758. The molecule has 0 aromatic carbocycles. The molecule has 0 saturated carbocycles. The van der Waals surface area contributed by atoms with E-state index in [4.69, 9.17) is 0 Å². The van der Waals surface area contributed by atoms with Gasteiger partial charge in [-0.2, -0.15) is 0 Å². The molecule has 0 radical (unpaired) electrons. The fourth-order valence-electron chi connectivity index (χ4n) is 2.09. The first-order valence-electron chi connectivity index (χ1n) is 5.08. The number of urea groups is 1. The number of imide groups is 1. The van der Waals surface area contributed by atoms with Crippen LogP contribution in [0.15, 0.2) is 0 Å². The Morgan fingerprint density at radius 1 is 1.60 bits per heavy atom. The molecular weight excluding hydrogens is 198 g/mol. The maximum absolute atomic E-state index is 12.0. The molecule has 0 aliphatic carbocycles.